The first-order valence-electron chi connectivity index (χ1n) is 4.55. The molecule has 1 N–H and O–H groups in total. The molecule has 1 heterocycles. The van der Waals surface area contributed by atoms with E-state index in [1.54, 1.807) is 0 Å². The molecule has 2 nitrogen and oxygen atoms in total. The van der Waals surface area contributed by atoms with Gasteiger partial charge in [-0.1, -0.05) is 0 Å². The first-order chi connectivity index (χ1) is 5.83. The molecule has 1 rings (SSSR count). The van der Waals surface area contributed by atoms with E-state index >= 15 is 0 Å². The summed E-state index contributed by atoms with van der Waals surface area (Å²) in [5, 5.41) is 12.7. The van der Waals surface area contributed by atoms with E-state index in [0.717, 1.165) is 18.3 Å². The summed E-state index contributed by atoms with van der Waals surface area (Å²) < 4.78 is 0. The lowest BCUT2D eigenvalue weighted by atomic mass is 10.2. The minimum absolute atomic E-state index is 0.149. The van der Waals surface area contributed by atoms with Crippen molar-refractivity contribution < 1.29 is 0 Å². The summed E-state index contributed by atoms with van der Waals surface area (Å²) >= 11 is 2.06. The number of hydrogen-bond acceptors (Lipinski definition) is 3. The molecular formula is C9H16N2S. The lowest BCUT2D eigenvalue weighted by Crippen LogP contribution is -2.27. The van der Waals surface area contributed by atoms with Crippen molar-refractivity contribution in [2.45, 2.75) is 25.0 Å². The van der Waals surface area contributed by atoms with Crippen molar-refractivity contribution in [3.05, 3.63) is 0 Å². The van der Waals surface area contributed by atoms with Gasteiger partial charge in [0.05, 0.1) is 12.0 Å². The lowest BCUT2D eigenvalue weighted by Gasteiger charge is -2.10. The molecule has 2 unspecified atom stereocenters. The van der Waals surface area contributed by atoms with Crippen molar-refractivity contribution in [3.8, 4) is 6.07 Å². The van der Waals surface area contributed by atoms with Crippen molar-refractivity contribution in [2.24, 2.45) is 5.92 Å². The summed E-state index contributed by atoms with van der Waals surface area (Å²) in [6.45, 7) is 3.87. The molecule has 0 aromatic heterocycles. The number of thioether (sulfide) groups is 1. The molecule has 0 saturated carbocycles. The van der Waals surface area contributed by atoms with Gasteiger partial charge in [-0.05, 0) is 25.5 Å². The zero-order valence-corrected chi connectivity index (χ0v) is 8.36. The second-order valence-electron chi connectivity index (χ2n) is 3.32. The highest BCUT2D eigenvalue weighted by Crippen LogP contribution is 2.25. The second kappa shape index (κ2) is 5.45. The van der Waals surface area contributed by atoms with E-state index in [1.807, 2.05) is 6.92 Å². The second-order valence-corrected chi connectivity index (χ2v) is 4.73. The van der Waals surface area contributed by atoms with Gasteiger partial charge in [0.2, 0.25) is 0 Å². The van der Waals surface area contributed by atoms with Crippen LogP contribution in [-0.2, 0) is 0 Å². The topological polar surface area (TPSA) is 35.8 Å². The van der Waals surface area contributed by atoms with Gasteiger partial charge in [0.15, 0.2) is 0 Å². The smallest absolute Gasteiger partial charge is 0.0666 e. The third kappa shape index (κ3) is 3.46. The Morgan fingerprint density at radius 2 is 2.58 bits per heavy atom. The molecule has 1 fully saturated rings. The largest absolute Gasteiger partial charge is 0.314 e. The molecule has 12 heavy (non-hydrogen) atoms. The van der Waals surface area contributed by atoms with Gasteiger partial charge in [0.25, 0.3) is 0 Å². The average Bonchev–Trinajstić information content (AvgIpc) is 2.57. The minimum atomic E-state index is 0.149. The first-order valence-corrected chi connectivity index (χ1v) is 5.59. The Balaban J connectivity index is 1.98. The molecule has 0 aliphatic carbocycles. The molecule has 0 aromatic carbocycles. The molecule has 3 heteroatoms. The summed E-state index contributed by atoms with van der Waals surface area (Å²) in [6, 6.07) is 2.22. The number of hydrogen-bond donors (Lipinski definition) is 1. The highest BCUT2D eigenvalue weighted by molar-refractivity contribution is 8.00. The van der Waals surface area contributed by atoms with Gasteiger partial charge in [-0.2, -0.15) is 17.0 Å². The van der Waals surface area contributed by atoms with Crippen molar-refractivity contribution in [1.29, 1.82) is 5.26 Å². The molecule has 0 amide bonds. The monoisotopic (exact) mass is 184 g/mol. The number of rotatable bonds is 4. The van der Waals surface area contributed by atoms with Crippen LogP contribution in [0.4, 0.5) is 0 Å². The fourth-order valence-corrected chi connectivity index (χ4v) is 2.55. The SMILES string of the molecule is CC(C#N)CNCC1CCCS1. The zero-order chi connectivity index (χ0) is 8.81. The van der Waals surface area contributed by atoms with Crippen LogP contribution in [0.1, 0.15) is 19.8 Å². The summed E-state index contributed by atoms with van der Waals surface area (Å²) in [6.07, 6.45) is 2.71. The fourth-order valence-electron chi connectivity index (χ4n) is 1.31. The Kier molecular flexibility index (Phi) is 4.49. The normalized spacial score (nSPS) is 25.2. The highest BCUT2D eigenvalue weighted by Gasteiger charge is 2.14. The van der Waals surface area contributed by atoms with E-state index in [2.05, 4.69) is 23.1 Å². The maximum atomic E-state index is 8.53. The summed E-state index contributed by atoms with van der Waals surface area (Å²) in [7, 11) is 0. The quantitative estimate of drug-likeness (QED) is 0.721. The van der Waals surface area contributed by atoms with Crippen LogP contribution in [-0.4, -0.2) is 24.1 Å². The van der Waals surface area contributed by atoms with Crippen LogP contribution in [0.3, 0.4) is 0 Å². The Morgan fingerprint density at radius 1 is 1.75 bits per heavy atom. The molecule has 1 aliphatic rings. The van der Waals surface area contributed by atoms with Gasteiger partial charge < -0.3 is 5.32 Å². The molecule has 2 atom stereocenters. The van der Waals surface area contributed by atoms with E-state index in [4.69, 9.17) is 5.26 Å². The van der Waals surface area contributed by atoms with Crippen LogP contribution in [0.2, 0.25) is 0 Å². The van der Waals surface area contributed by atoms with E-state index in [-0.39, 0.29) is 5.92 Å². The predicted octanol–water partition coefficient (Wildman–Crippen LogP) is 1.63. The maximum Gasteiger partial charge on any atom is 0.0666 e. The summed E-state index contributed by atoms with van der Waals surface area (Å²) in [5.74, 6) is 1.47. The van der Waals surface area contributed by atoms with Crippen molar-refractivity contribution in [1.82, 2.24) is 5.32 Å². The van der Waals surface area contributed by atoms with Crippen LogP contribution >= 0.6 is 11.8 Å². The maximum absolute atomic E-state index is 8.53. The van der Waals surface area contributed by atoms with Crippen LogP contribution in [0.5, 0.6) is 0 Å². The Morgan fingerprint density at radius 3 is 3.17 bits per heavy atom. The van der Waals surface area contributed by atoms with Crippen molar-refractivity contribution in [3.63, 3.8) is 0 Å². The zero-order valence-electron chi connectivity index (χ0n) is 7.55. The average molecular weight is 184 g/mol. The van der Waals surface area contributed by atoms with Gasteiger partial charge in [0, 0.05) is 18.3 Å². The Bertz CT molecular complexity index is 158. The van der Waals surface area contributed by atoms with Crippen molar-refractivity contribution >= 4 is 11.8 Å². The molecule has 1 saturated heterocycles. The third-order valence-electron chi connectivity index (χ3n) is 2.07. The van der Waals surface area contributed by atoms with E-state index in [1.165, 1.54) is 18.6 Å². The lowest BCUT2D eigenvalue weighted by molar-refractivity contribution is 0.585. The van der Waals surface area contributed by atoms with E-state index < -0.39 is 0 Å². The molecule has 1 aliphatic heterocycles. The molecule has 0 spiro atoms. The van der Waals surface area contributed by atoms with Crippen LogP contribution < -0.4 is 5.32 Å². The number of nitrogens with zero attached hydrogens (tertiary/aromatic N) is 1. The van der Waals surface area contributed by atoms with Gasteiger partial charge in [-0.25, -0.2) is 0 Å². The van der Waals surface area contributed by atoms with E-state index in [0.29, 0.717) is 0 Å². The number of nitrogens with one attached hydrogen (secondary N) is 1. The molecular weight excluding hydrogens is 168 g/mol. The van der Waals surface area contributed by atoms with Gasteiger partial charge >= 0.3 is 0 Å². The summed E-state index contributed by atoms with van der Waals surface area (Å²) in [5.41, 5.74) is 0. The van der Waals surface area contributed by atoms with Crippen LogP contribution in [0, 0.1) is 17.2 Å². The van der Waals surface area contributed by atoms with E-state index in [9.17, 15) is 0 Å². The van der Waals surface area contributed by atoms with Crippen LogP contribution in [0.15, 0.2) is 0 Å². The van der Waals surface area contributed by atoms with Crippen molar-refractivity contribution in [2.75, 3.05) is 18.8 Å². The highest BCUT2D eigenvalue weighted by atomic mass is 32.2. The Hall–Kier alpha value is -0.200. The number of nitriles is 1. The van der Waals surface area contributed by atoms with Gasteiger partial charge in [-0.15, -0.1) is 0 Å². The minimum Gasteiger partial charge on any atom is -0.314 e. The van der Waals surface area contributed by atoms with Crippen LogP contribution in [0.25, 0.3) is 0 Å². The van der Waals surface area contributed by atoms with Gasteiger partial charge in [0.1, 0.15) is 0 Å². The first kappa shape index (κ1) is 9.88. The summed E-state index contributed by atoms with van der Waals surface area (Å²) in [4.78, 5) is 0. The third-order valence-corrected chi connectivity index (χ3v) is 3.47. The molecule has 0 bridgehead atoms. The fraction of sp³-hybridized carbons (Fsp3) is 0.889. The molecule has 68 valence electrons. The standard InChI is InChI=1S/C9H16N2S/c1-8(5-10)6-11-7-9-3-2-4-12-9/h8-9,11H,2-4,6-7H2,1H3. The molecule has 0 aromatic rings. The Labute approximate surface area is 78.7 Å². The molecule has 0 radical (unpaired) electrons. The predicted molar refractivity (Wildman–Crippen MR) is 53.1 cm³/mol. The van der Waals surface area contributed by atoms with Gasteiger partial charge in [-0.3, -0.25) is 0 Å².